The number of ether oxygens (including phenoxy) is 1. The maximum Gasteiger partial charge on any atom is 0.127 e. The second-order valence-electron chi connectivity index (χ2n) is 4.93. The van der Waals surface area contributed by atoms with E-state index in [0.29, 0.717) is 24.7 Å². The monoisotopic (exact) mass is 321 g/mol. The van der Waals surface area contributed by atoms with Crippen LogP contribution in [0, 0.1) is 0 Å². The molecule has 0 fully saturated rings. The van der Waals surface area contributed by atoms with Crippen molar-refractivity contribution in [1.29, 1.82) is 0 Å². The van der Waals surface area contributed by atoms with E-state index in [1.54, 1.807) is 12.1 Å². The Bertz CT molecular complexity index is 568. The maximum absolute atomic E-state index is 9.05. The van der Waals surface area contributed by atoms with Gasteiger partial charge in [0.2, 0.25) is 0 Å². The predicted octanol–water partition coefficient (Wildman–Crippen LogP) is 2.92. The van der Waals surface area contributed by atoms with Gasteiger partial charge in [-0.2, -0.15) is 0 Å². The zero-order valence-electron chi connectivity index (χ0n) is 12.3. The van der Waals surface area contributed by atoms with E-state index in [0.717, 1.165) is 17.1 Å². The number of halogens is 1. The molecule has 2 rings (SSSR count). The number of nitrogens with zero attached hydrogens (tertiary/aromatic N) is 1. The summed E-state index contributed by atoms with van der Waals surface area (Å²) < 4.78 is 5.80. The zero-order chi connectivity index (χ0) is 15.8. The van der Waals surface area contributed by atoms with Crippen LogP contribution in [0.5, 0.6) is 11.5 Å². The Morgan fingerprint density at radius 3 is 2.23 bits per heavy atom. The Kier molecular flexibility index (Phi) is 6.68. The maximum atomic E-state index is 9.05. The molecule has 0 unspecified atom stereocenters. The SMILES string of the molecule is OCCN(CCO)Cc1cccc(Oc2ccc(Cl)cc2)c1. The fourth-order valence-electron chi connectivity index (χ4n) is 2.16. The number of hydrogen-bond acceptors (Lipinski definition) is 4. The van der Waals surface area contributed by atoms with Crippen LogP contribution in [0.25, 0.3) is 0 Å². The van der Waals surface area contributed by atoms with E-state index in [9.17, 15) is 0 Å². The number of aliphatic hydroxyl groups excluding tert-OH is 2. The molecule has 0 aromatic heterocycles. The third kappa shape index (κ3) is 5.31. The highest BCUT2D eigenvalue weighted by Gasteiger charge is 2.06. The topological polar surface area (TPSA) is 52.9 Å². The fourth-order valence-corrected chi connectivity index (χ4v) is 2.28. The van der Waals surface area contributed by atoms with Crippen molar-refractivity contribution >= 4 is 11.6 Å². The van der Waals surface area contributed by atoms with Gasteiger partial charge in [-0.15, -0.1) is 0 Å². The summed E-state index contributed by atoms with van der Waals surface area (Å²) in [7, 11) is 0. The van der Waals surface area contributed by atoms with Gasteiger partial charge < -0.3 is 14.9 Å². The molecule has 0 spiro atoms. The van der Waals surface area contributed by atoms with Gasteiger partial charge in [0.1, 0.15) is 11.5 Å². The Balaban J connectivity index is 2.03. The average Bonchev–Trinajstić information content (AvgIpc) is 2.51. The summed E-state index contributed by atoms with van der Waals surface area (Å²) >= 11 is 5.85. The van der Waals surface area contributed by atoms with Crippen molar-refractivity contribution in [3.05, 3.63) is 59.1 Å². The molecular weight excluding hydrogens is 302 g/mol. The molecule has 0 amide bonds. The predicted molar refractivity (Wildman–Crippen MR) is 87.4 cm³/mol. The zero-order valence-corrected chi connectivity index (χ0v) is 13.0. The molecule has 22 heavy (non-hydrogen) atoms. The van der Waals surface area contributed by atoms with Crippen molar-refractivity contribution in [1.82, 2.24) is 4.90 Å². The molecule has 0 saturated carbocycles. The normalized spacial score (nSPS) is 10.9. The molecule has 0 saturated heterocycles. The molecule has 0 radical (unpaired) electrons. The molecule has 2 N–H and O–H groups in total. The molecule has 0 bridgehead atoms. The third-order valence-electron chi connectivity index (χ3n) is 3.19. The van der Waals surface area contributed by atoms with Gasteiger partial charge in [-0.3, -0.25) is 4.90 Å². The first kappa shape index (κ1) is 16.8. The quantitative estimate of drug-likeness (QED) is 0.785. The number of aliphatic hydroxyl groups is 2. The van der Waals surface area contributed by atoms with E-state index in [2.05, 4.69) is 0 Å². The van der Waals surface area contributed by atoms with Crippen molar-refractivity contribution < 1.29 is 14.9 Å². The summed E-state index contributed by atoms with van der Waals surface area (Å²) in [5.74, 6) is 1.47. The molecule has 0 aliphatic carbocycles. The second-order valence-corrected chi connectivity index (χ2v) is 5.36. The van der Waals surface area contributed by atoms with E-state index in [1.165, 1.54) is 0 Å². The smallest absolute Gasteiger partial charge is 0.127 e. The van der Waals surface area contributed by atoms with Crippen LogP contribution >= 0.6 is 11.6 Å². The van der Waals surface area contributed by atoms with Gasteiger partial charge in [-0.1, -0.05) is 23.7 Å². The van der Waals surface area contributed by atoms with Crippen LogP contribution < -0.4 is 4.74 Å². The molecule has 118 valence electrons. The first-order chi connectivity index (χ1) is 10.7. The lowest BCUT2D eigenvalue weighted by atomic mass is 10.2. The van der Waals surface area contributed by atoms with Crippen molar-refractivity contribution in [2.75, 3.05) is 26.3 Å². The van der Waals surface area contributed by atoms with Crippen LogP contribution in [-0.4, -0.2) is 41.4 Å². The third-order valence-corrected chi connectivity index (χ3v) is 3.44. The fraction of sp³-hybridized carbons (Fsp3) is 0.294. The molecule has 0 heterocycles. The first-order valence-corrected chi connectivity index (χ1v) is 7.55. The van der Waals surface area contributed by atoms with Gasteiger partial charge in [0, 0.05) is 24.7 Å². The van der Waals surface area contributed by atoms with E-state index in [-0.39, 0.29) is 13.2 Å². The molecule has 4 nitrogen and oxygen atoms in total. The summed E-state index contributed by atoms with van der Waals surface area (Å²) in [5, 5.41) is 18.8. The molecule has 0 atom stereocenters. The molecule has 0 aliphatic heterocycles. The molecule has 5 heteroatoms. The van der Waals surface area contributed by atoms with Gasteiger partial charge in [-0.25, -0.2) is 0 Å². The summed E-state index contributed by atoms with van der Waals surface area (Å²) in [6.45, 7) is 1.85. The van der Waals surface area contributed by atoms with Gasteiger partial charge in [0.25, 0.3) is 0 Å². The highest BCUT2D eigenvalue weighted by molar-refractivity contribution is 6.30. The van der Waals surface area contributed by atoms with Gasteiger partial charge in [0.15, 0.2) is 0 Å². The summed E-state index contributed by atoms with van der Waals surface area (Å²) in [5.41, 5.74) is 1.06. The van der Waals surface area contributed by atoms with Crippen molar-refractivity contribution in [2.24, 2.45) is 0 Å². The van der Waals surface area contributed by atoms with Crippen LogP contribution in [0.1, 0.15) is 5.56 Å². The van der Waals surface area contributed by atoms with Crippen molar-refractivity contribution in [3.63, 3.8) is 0 Å². The van der Waals surface area contributed by atoms with Crippen LogP contribution in [-0.2, 0) is 6.54 Å². The molecule has 2 aromatic carbocycles. The van der Waals surface area contributed by atoms with Crippen molar-refractivity contribution in [2.45, 2.75) is 6.54 Å². The Labute approximate surface area is 135 Å². The highest BCUT2D eigenvalue weighted by atomic mass is 35.5. The minimum absolute atomic E-state index is 0.0704. The largest absolute Gasteiger partial charge is 0.457 e. The first-order valence-electron chi connectivity index (χ1n) is 7.17. The lowest BCUT2D eigenvalue weighted by Crippen LogP contribution is -2.29. The Morgan fingerprint density at radius 2 is 1.59 bits per heavy atom. The molecule has 2 aromatic rings. The van der Waals surface area contributed by atoms with Crippen LogP contribution in [0.4, 0.5) is 0 Å². The number of benzene rings is 2. The average molecular weight is 322 g/mol. The van der Waals surface area contributed by atoms with Crippen molar-refractivity contribution in [3.8, 4) is 11.5 Å². The Morgan fingerprint density at radius 1 is 0.909 bits per heavy atom. The minimum Gasteiger partial charge on any atom is -0.457 e. The van der Waals surface area contributed by atoms with E-state index in [1.807, 2.05) is 41.3 Å². The van der Waals surface area contributed by atoms with E-state index < -0.39 is 0 Å². The summed E-state index contributed by atoms with van der Waals surface area (Å²) in [6, 6.07) is 15.0. The lowest BCUT2D eigenvalue weighted by Gasteiger charge is -2.20. The lowest BCUT2D eigenvalue weighted by molar-refractivity contribution is 0.156. The highest BCUT2D eigenvalue weighted by Crippen LogP contribution is 2.24. The second kappa shape index (κ2) is 8.76. The minimum atomic E-state index is 0.0704. The van der Waals surface area contributed by atoms with Crippen LogP contribution in [0.15, 0.2) is 48.5 Å². The molecular formula is C17H20ClNO3. The summed E-state index contributed by atoms with van der Waals surface area (Å²) in [6.07, 6.45) is 0. The van der Waals surface area contributed by atoms with Crippen LogP contribution in [0.2, 0.25) is 5.02 Å². The van der Waals surface area contributed by atoms with Crippen LogP contribution in [0.3, 0.4) is 0 Å². The Hall–Kier alpha value is -1.59. The molecule has 0 aliphatic rings. The van der Waals surface area contributed by atoms with E-state index >= 15 is 0 Å². The standard InChI is InChI=1S/C17H20ClNO3/c18-15-4-6-16(7-5-15)22-17-3-1-2-14(12-17)13-19(8-10-20)9-11-21/h1-7,12,20-21H,8-11,13H2. The number of rotatable bonds is 8. The van der Waals surface area contributed by atoms with Gasteiger partial charge >= 0.3 is 0 Å². The van der Waals surface area contributed by atoms with E-state index in [4.69, 9.17) is 26.6 Å². The number of hydrogen-bond donors (Lipinski definition) is 2. The summed E-state index contributed by atoms with van der Waals surface area (Å²) in [4.78, 5) is 1.99. The van der Waals surface area contributed by atoms with Gasteiger partial charge in [-0.05, 0) is 42.0 Å². The van der Waals surface area contributed by atoms with Gasteiger partial charge in [0.05, 0.1) is 13.2 Å².